The van der Waals surface area contributed by atoms with Crippen molar-refractivity contribution in [3.63, 3.8) is 0 Å². The standard InChI is InChI=1S/C14H16N4OS/c1-4-5-6-7-16-13(19)12-11(15)10-8(2)9(3)17-18-14(10)20-12/h1H,5-7,15H2,2-3H3,(H,16,19). The summed E-state index contributed by atoms with van der Waals surface area (Å²) in [6.45, 7) is 4.35. The number of nitrogen functional groups attached to an aromatic ring is 1. The van der Waals surface area contributed by atoms with Crippen LogP contribution in [0.25, 0.3) is 10.2 Å². The van der Waals surface area contributed by atoms with Crippen molar-refractivity contribution in [3.05, 3.63) is 16.1 Å². The average Bonchev–Trinajstić information content (AvgIpc) is 2.77. The highest BCUT2D eigenvalue weighted by Crippen LogP contribution is 2.34. The van der Waals surface area contributed by atoms with Crippen molar-refractivity contribution in [1.29, 1.82) is 0 Å². The average molecular weight is 288 g/mol. The molecule has 0 aliphatic carbocycles. The Kier molecular flexibility index (Phi) is 4.20. The van der Waals surface area contributed by atoms with Crippen molar-refractivity contribution in [1.82, 2.24) is 15.5 Å². The van der Waals surface area contributed by atoms with Gasteiger partial charge in [-0.25, -0.2) is 0 Å². The van der Waals surface area contributed by atoms with Crippen molar-refractivity contribution in [2.45, 2.75) is 26.7 Å². The lowest BCUT2D eigenvalue weighted by Crippen LogP contribution is -2.24. The third kappa shape index (κ3) is 2.58. The summed E-state index contributed by atoms with van der Waals surface area (Å²) < 4.78 is 0. The SMILES string of the molecule is C#CCCCNC(=O)c1sc2nnc(C)c(C)c2c1N. The Morgan fingerprint density at radius 2 is 2.20 bits per heavy atom. The van der Waals surface area contributed by atoms with Crippen LogP contribution in [0.2, 0.25) is 0 Å². The van der Waals surface area contributed by atoms with Gasteiger partial charge in [0.1, 0.15) is 9.71 Å². The summed E-state index contributed by atoms with van der Waals surface area (Å²) in [5.74, 6) is 2.36. The maximum absolute atomic E-state index is 12.1. The summed E-state index contributed by atoms with van der Waals surface area (Å²) in [6, 6.07) is 0. The highest BCUT2D eigenvalue weighted by molar-refractivity contribution is 7.21. The quantitative estimate of drug-likeness (QED) is 0.666. The molecule has 104 valence electrons. The molecule has 3 N–H and O–H groups in total. The molecule has 6 heteroatoms. The Balaban J connectivity index is 2.27. The third-order valence-corrected chi connectivity index (χ3v) is 4.21. The number of hydrogen-bond acceptors (Lipinski definition) is 5. The number of hydrogen-bond donors (Lipinski definition) is 2. The lowest BCUT2D eigenvalue weighted by Gasteiger charge is -2.03. The first kappa shape index (κ1) is 14.3. The van der Waals surface area contributed by atoms with Gasteiger partial charge in [-0.05, 0) is 25.8 Å². The number of thiophene rings is 1. The van der Waals surface area contributed by atoms with Crippen LogP contribution in [0.1, 0.15) is 33.8 Å². The number of aromatic nitrogens is 2. The molecule has 2 rings (SSSR count). The summed E-state index contributed by atoms with van der Waals surface area (Å²) in [5, 5.41) is 11.8. The van der Waals surface area contributed by atoms with E-state index in [4.69, 9.17) is 12.2 Å². The van der Waals surface area contributed by atoms with E-state index in [0.29, 0.717) is 28.4 Å². The van der Waals surface area contributed by atoms with Crippen LogP contribution < -0.4 is 11.1 Å². The Hall–Kier alpha value is -2.13. The molecule has 0 aromatic carbocycles. The number of carbonyl (C=O) groups excluding carboxylic acids is 1. The molecular weight excluding hydrogens is 272 g/mol. The fourth-order valence-corrected chi connectivity index (χ4v) is 2.90. The van der Waals surface area contributed by atoms with Gasteiger partial charge in [0.15, 0.2) is 0 Å². The molecule has 0 unspecified atom stereocenters. The molecule has 0 saturated heterocycles. The molecule has 0 saturated carbocycles. The smallest absolute Gasteiger partial charge is 0.263 e. The number of terminal acetylenes is 1. The normalized spacial score (nSPS) is 10.4. The van der Waals surface area contributed by atoms with Crippen LogP contribution in [-0.2, 0) is 0 Å². The molecule has 5 nitrogen and oxygen atoms in total. The molecule has 2 aromatic heterocycles. The van der Waals surface area contributed by atoms with Gasteiger partial charge in [-0.3, -0.25) is 4.79 Å². The summed E-state index contributed by atoms with van der Waals surface area (Å²) in [5.41, 5.74) is 8.36. The molecule has 0 fully saturated rings. The van der Waals surface area contributed by atoms with Crippen molar-refractivity contribution in [2.75, 3.05) is 12.3 Å². The Morgan fingerprint density at radius 3 is 2.90 bits per heavy atom. The lowest BCUT2D eigenvalue weighted by molar-refractivity contribution is 0.0958. The van der Waals surface area contributed by atoms with Gasteiger partial charge >= 0.3 is 0 Å². The van der Waals surface area contributed by atoms with Crippen LogP contribution in [0.5, 0.6) is 0 Å². The van der Waals surface area contributed by atoms with E-state index in [2.05, 4.69) is 21.4 Å². The predicted octanol–water partition coefficient (Wildman–Crippen LogP) is 2.03. The van der Waals surface area contributed by atoms with Crippen LogP contribution in [0.3, 0.4) is 0 Å². The van der Waals surface area contributed by atoms with Crippen molar-refractivity contribution in [2.24, 2.45) is 0 Å². The number of nitrogens with one attached hydrogen (secondary N) is 1. The lowest BCUT2D eigenvalue weighted by atomic mass is 10.1. The maximum atomic E-state index is 12.1. The minimum Gasteiger partial charge on any atom is -0.397 e. The zero-order valence-corrected chi connectivity index (χ0v) is 12.3. The second kappa shape index (κ2) is 5.88. The van der Waals surface area contributed by atoms with Gasteiger partial charge in [0.25, 0.3) is 5.91 Å². The minimum atomic E-state index is -0.181. The molecule has 1 amide bonds. The Labute approximate surface area is 121 Å². The first-order valence-corrected chi connectivity index (χ1v) is 7.11. The number of nitrogens with two attached hydrogens (primary N) is 1. The zero-order valence-electron chi connectivity index (χ0n) is 11.5. The van der Waals surface area contributed by atoms with E-state index in [0.717, 1.165) is 23.1 Å². The zero-order chi connectivity index (χ0) is 14.7. The van der Waals surface area contributed by atoms with E-state index in [1.54, 1.807) is 0 Å². The molecule has 0 aliphatic heterocycles. The number of nitrogens with zero attached hydrogens (tertiary/aromatic N) is 2. The Bertz CT molecular complexity index is 699. The minimum absolute atomic E-state index is 0.181. The topological polar surface area (TPSA) is 80.9 Å². The van der Waals surface area contributed by atoms with Gasteiger partial charge < -0.3 is 11.1 Å². The molecule has 2 heterocycles. The highest BCUT2D eigenvalue weighted by Gasteiger charge is 2.19. The summed E-state index contributed by atoms with van der Waals surface area (Å²) in [7, 11) is 0. The number of unbranched alkanes of at least 4 members (excludes halogenated alkanes) is 1. The van der Waals surface area contributed by atoms with E-state index in [-0.39, 0.29) is 5.91 Å². The summed E-state index contributed by atoms with van der Waals surface area (Å²) in [4.78, 5) is 13.3. The molecule has 0 spiro atoms. The first-order valence-electron chi connectivity index (χ1n) is 6.29. The van der Waals surface area contributed by atoms with Gasteiger partial charge in [0.2, 0.25) is 0 Å². The van der Waals surface area contributed by atoms with Crippen molar-refractivity contribution >= 4 is 33.1 Å². The van der Waals surface area contributed by atoms with E-state index >= 15 is 0 Å². The number of carbonyl (C=O) groups is 1. The van der Waals surface area contributed by atoms with Crippen molar-refractivity contribution < 1.29 is 4.79 Å². The van der Waals surface area contributed by atoms with E-state index in [1.165, 1.54) is 11.3 Å². The second-order valence-electron chi connectivity index (χ2n) is 4.50. The fourth-order valence-electron chi connectivity index (χ4n) is 1.88. The van der Waals surface area contributed by atoms with Gasteiger partial charge in [-0.2, -0.15) is 5.10 Å². The Morgan fingerprint density at radius 1 is 1.45 bits per heavy atom. The number of rotatable bonds is 4. The van der Waals surface area contributed by atoms with Gasteiger partial charge in [-0.15, -0.1) is 28.8 Å². The molecule has 0 aliphatic rings. The van der Waals surface area contributed by atoms with Crippen LogP contribution in [0, 0.1) is 26.2 Å². The molecule has 0 radical (unpaired) electrons. The second-order valence-corrected chi connectivity index (χ2v) is 5.50. The molecular formula is C14H16N4OS. The first-order chi connectivity index (χ1) is 9.56. The number of anilines is 1. The van der Waals surface area contributed by atoms with Crippen LogP contribution in [0.4, 0.5) is 5.69 Å². The van der Waals surface area contributed by atoms with E-state index in [9.17, 15) is 4.79 Å². The predicted molar refractivity (Wildman–Crippen MR) is 81.7 cm³/mol. The monoisotopic (exact) mass is 288 g/mol. The summed E-state index contributed by atoms with van der Waals surface area (Å²) >= 11 is 1.27. The number of aryl methyl sites for hydroxylation is 2. The number of fused-ring (bicyclic) bond motifs is 1. The molecule has 2 aromatic rings. The van der Waals surface area contributed by atoms with Gasteiger partial charge in [0.05, 0.1) is 11.4 Å². The maximum Gasteiger partial charge on any atom is 0.263 e. The van der Waals surface area contributed by atoms with Crippen molar-refractivity contribution in [3.8, 4) is 12.3 Å². The van der Waals surface area contributed by atoms with E-state index < -0.39 is 0 Å². The summed E-state index contributed by atoms with van der Waals surface area (Å²) in [6.07, 6.45) is 6.57. The molecule has 0 bridgehead atoms. The van der Waals surface area contributed by atoms with E-state index in [1.807, 2.05) is 13.8 Å². The molecule has 0 atom stereocenters. The van der Waals surface area contributed by atoms with Gasteiger partial charge in [-0.1, -0.05) is 0 Å². The van der Waals surface area contributed by atoms with Crippen LogP contribution in [0.15, 0.2) is 0 Å². The third-order valence-electron chi connectivity index (χ3n) is 3.12. The van der Waals surface area contributed by atoms with Crippen LogP contribution >= 0.6 is 11.3 Å². The van der Waals surface area contributed by atoms with Gasteiger partial charge in [0, 0.05) is 18.4 Å². The largest absolute Gasteiger partial charge is 0.397 e. The molecule has 20 heavy (non-hydrogen) atoms. The number of amides is 1. The van der Waals surface area contributed by atoms with Crippen LogP contribution in [-0.4, -0.2) is 22.6 Å². The fraction of sp³-hybridized carbons (Fsp3) is 0.357. The highest BCUT2D eigenvalue weighted by atomic mass is 32.1.